The van der Waals surface area contributed by atoms with Gasteiger partial charge in [-0.3, -0.25) is 4.90 Å². The standard InChI is InChI=1S/C28H38N6O2/c1-4-5-11-32-12-10-22(17-32)36-28(35)33-15-20-8-9-21(16-33)26(20)31-25-13-24(19-6-7-19)30-27-23(18(2)3)14-29-34(25)27/h13-14,18-22,26,31H,6-12,15-17H2,1-3H3. The summed E-state index contributed by atoms with van der Waals surface area (Å²) in [5, 5.41) is 8.60. The molecule has 2 aromatic heterocycles. The van der Waals surface area contributed by atoms with Crippen LogP contribution >= 0.6 is 0 Å². The molecule has 4 fully saturated rings. The van der Waals surface area contributed by atoms with Gasteiger partial charge in [-0.05, 0) is 56.8 Å². The smallest absolute Gasteiger partial charge is 0.410 e. The number of carbonyl (C=O) groups excluding carboxylic acids is 1. The highest BCUT2D eigenvalue weighted by atomic mass is 16.6. The quantitative estimate of drug-likeness (QED) is 0.615. The monoisotopic (exact) mass is 490 g/mol. The van der Waals surface area contributed by atoms with Crippen LogP contribution in [0.2, 0.25) is 0 Å². The first-order chi connectivity index (χ1) is 17.5. The average Bonchev–Trinajstić information content (AvgIpc) is 3.40. The number of fused-ring (bicyclic) bond motifs is 3. The first-order valence-electron chi connectivity index (χ1n) is 13.7. The van der Waals surface area contributed by atoms with E-state index < -0.39 is 0 Å². The maximum atomic E-state index is 13.0. The fourth-order valence-corrected chi connectivity index (χ4v) is 6.32. The van der Waals surface area contributed by atoms with Gasteiger partial charge in [0.1, 0.15) is 11.9 Å². The second kappa shape index (κ2) is 9.59. The molecular formula is C28H38N6O2. The van der Waals surface area contributed by atoms with E-state index in [1.807, 2.05) is 22.5 Å². The zero-order valence-electron chi connectivity index (χ0n) is 21.7. The van der Waals surface area contributed by atoms with Crippen LogP contribution in [0.5, 0.6) is 0 Å². The van der Waals surface area contributed by atoms with Crippen molar-refractivity contribution in [2.24, 2.45) is 11.8 Å². The van der Waals surface area contributed by atoms with Crippen molar-refractivity contribution in [3.05, 3.63) is 23.5 Å². The van der Waals surface area contributed by atoms with Crippen LogP contribution in [0, 0.1) is 23.7 Å². The summed E-state index contributed by atoms with van der Waals surface area (Å²) < 4.78 is 7.92. The number of likely N-dealkylation sites (tertiary alicyclic amines) is 2. The molecule has 2 saturated carbocycles. The van der Waals surface area contributed by atoms with Gasteiger partial charge in [0.15, 0.2) is 5.65 Å². The van der Waals surface area contributed by atoms with Crippen LogP contribution in [0.4, 0.5) is 10.6 Å². The van der Waals surface area contributed by atoms with Crippen LogP contribution in [-0.4, -0.2) is 75.4 Å². The zero-order valence-corrected chi connectivity index (χ0v) is 21.7. The van der Waals surface area contributed by atoms with Crippen molar-refractivity contribution in [1.29, 1.82) is 0 Å². The van der Waals surface area contributed by atoms with Crippen LogP contribution < -0.4 is 5.32 Å². The topological polar surface area (TPSA) is 75.0 Å². The second-order valence-corrected chi connectivity index (χ2v) is 11.5. The lowest BCUT2D eigenvalue weighted by atomic mass is 9.92. The molecule has 2 aromatic rings. The van der Waals surface area contributed by atoms with Crippen molar-refractivity contribution in [2.45, 2.75) is 76.9 Å². The molecule has 0 aromatic carbocycles. The molecule has 4 aliphatic rings. The molecule has 6 rings (SSSR count). The third kappa shape index (κ3) is 4.54. The Labute approximate surface area is 213 Å². The van der Waals surface area contributed by atoms with Crippen molar-refractivity contribution in [2.75, 3.05) is 38.0 Å². The summed E-state index contributed by atoms with van der Waals surface area (Å²) in [6, 6.07) is 2.56. The van der Waals surface area contributed by atoms with Crippen LogP contribution in [-0.2, 0) is 4.74 Å². The number of piperidine rings is 1. The van der Waals surface area contributed by atoms with Crippen molar-refractivity contribution in [3.8, 4) is 11.8 Å². The molecule has 1 amide bonds. The summed E-state index contributed by atoms with van der Waals surface area (Å²) in [6.07, 6.45) is 7.43. The molecule has 2 bridgehead atoms. The van der Waals surface area contributed by atoms with Gasteiger partial charge in [-0.1, -0.05) is 19.8 Å². The largest absolute Gasteiger partial charge is 0.445 e. The Hall–Kier alpha value is -2.79. The van der Waals surface area contributed by atoms with E-state index in [-0.39, 0.29) is 12.2 Å². The summed E-state index contributed by atoms with van der Waals surface area (Å²) in [4.78, 5) is 22.3. The van der Waals surface area contributed by atoms with Crippen LogP contribution in [0.3, 0.4) is 0 Å². The van der Waals surface area contributed by atoms with E-state index in [1.165, 1.54) is 24.1 Å². The number of rotatable bonds is 6. The Bertz CT molecular complexity index is 1180. The Balaban J connectivity index is 1.13. The van der Waals surface area contributed by atoms with E-state index in [0.717, 1.165) is 63.5 Å². The first kappa shape index (κ1) is 23.6. The number of nitrogens with zero attached hydrogens (tertiary/aromatic N) is 5. The van der Waals surface area contributed by atoms with Crippen LogP contribution in [0.1, 0.15) is 76.0 Å². The van der Waals surface area contributed by atoms with E-state index in [0.29, 0.717) is 29.7 Å². The Morgan fingerprint density at radius 3 is 2.64 bits per heavy atom. The number of aromatic nitrogens is 3. The maximum absolute atomic E-state index is 13.0. The Morgan fingerprint density at radius 2 is 1.94 bits per heavy atom. The van der Waals surface area contributed by atoms with Crippen LogP contribution in [0.25, 0.3) is 5.65 Å². The van der Waals surface area contributed by atoms with Gasteiger partial charge in [-0.25, -0.2) is 9.78 Å². The van der Waals surface area contributed by atoms with Gasteiger partial charge >= 0.3 is 6.09 Å². The van der Waals surface area contributed by atoms with E-state index in [2.05, 4.69) is 42.0 Å². The number of amides is 1. The molecule has 192 valence electrons. The van der Waals surface area contributed by atoms with Gasteiger partial charge in [0.25, 0.3) is 0 Å². The highest BCUT2D eigenvalue weighted by Crippen LogP contribution is 2.42. The summed E-state index contributed by atoms with van der Waals surface area (Å²) >= 11 is 0. The Kier molecular flexibility index (Phi) is 6.28. The van der Waals surface area contributed by atoms with Crippen molar-refractivity contribution in [1.82, 2.24) is 24.4 Å². The number of hydrogen-bond donors (Lipinski definition) is 1. The third-order valence-electron chi connectivity index (χ3n) is 8.52. The summed E-state index contributed by atoms with van der Waals surface area (Å²) in [6.45, 7) is 10.3. The number of carbonyl (C=O) groups is 1. The van der Waals surface area contributed by atoms with E-state index >= 15 is 0 Å². The molecule has 4 heterocycles. The maximum Gasteiger partial charge on any atom is 0.410 e. The normalized spacial score (nSPS) is 27.9. The predicted molar refractivity (Wildman–Crippen MR) is 139 cm³/mol. The molecule has 8 heteroatoms. The molecule has 2 aliphatic carbocycles. The molecular weight excluding hydrogens is 452 g/mol. The molecule has 1 N–H and O–H groups in total. The molecule has 0 spiro atoms. The fourth-order valence-electron chi connectivity index (χ4n) is 6.32. The molecule has 2 aliphatic heterocycles. The molecule has 36 heavy (non-hydrogen) atoms. The molecule has 3 atom stereocenters. The van der Waals surface area contributed by atoms with Gasteiger partial charge in [0, 0.05) is 55.5 Å². The minimum Gasteiger partial charge on any atom is -0.445 e. The lowest BCUT2D eigenvalue weighted by Crippen LogP contribution is -2.51. The number of ether oxygens (including phenoxy) is 1. The molecule has 3 unspecified atom stereocenters. The van der Waals surface area contributed by atoms with E-state index in [4.69, 9.17) is 14.8 Å². The van der Waals surface area contributed by atoms with Gasteiger partial charge in [-0.2, -0.15) is 9.61 Å². The SMILES string of the molecule is CC#CCN1CCC(OC(=O)N2CC3CCC(C2)C3Nc2cc(C3CC3)nc3c(C(C)C)cnn23)C1. The second-order valence-electron chi connectivity index (χ2n) is 11.5. The number of hydrogen-bond acceptors (Lipinski definition) is 6. The number of nitrogens with one attached hydrogen (secondary N) is 1. The van der Waals surface area contributed by atoms with Gasteiger partial charge in [0.05, 0.1) is 12.7 Å². The summed E-state index contributed by atoms with van der Waals surface area (Å²) in [7, 11) is 0. The highest BCUT2D eigenvalue weighted by molar-refractivity contribution is 5.68. The van der Waals surface area contributed by atoms with Crippen molar-refractivity contribution >= 4 is 17.6 Å². The zero-order chi connectivity index (χ0) is 24.8. The van der Waals surface area contributed by atoms with E-state index in [1.54, 1.807) is 0 Å². The van der Waals surface area contributed by atoms with Crippen molar-refractivity contribution < 1.29 is 9.53 Å². The predicted octanol–water partition coefficient (Wildman–Crippen LogP) is 4.09. The molecule has 8 nitrogen and oxygen atoms in total. The summed E-state index contributed by atoms with van der Waals surface area (Å²) in [5.74, 6) is 8.91. The first-order valence-corrected chi connectivity index (χ1v) is 13.7. The average molecular weight is 491 g/mol. The number of anilines is 1. The van der Waals surface area contributed by atoms with Gasteiger partial charge in [0.2, 0.25) is 0 Å². The van der Waals surface area contributed by atoms with Crippen molar-refractivity contribution in [3.63, 3.8) is 0 Å². The van der Waals surface area contributed by atoms with Crippen LogP contribution in [0.15, 0.2) is 12.3 Å². The van der Waals surface area contributed by atoms with E-state index in [9.17, 15) is 4.79 Å². The minimum absolute atomic E-state index is 0.0226. The lowest BCUT2D eigenvalue weighted by molar-refractivity contribution is 0.0499. The third-order valence-corrected chi connectivity index (χ3v) is 8.52. The lowest BCUT2D eigenvalue weighted by Gasteiger charge is -2.38. The molecule has 0 radical (unpaired) electrons. The minimum atomic E-state index is -0.144. The molecule has 2 saturated heterocycles. The summed E-state index contributed by atoms with van der Waals surface area (Å²) in [5.41, 5.74) is 3.38. The fraction of sp³-hybridized carbons (Fsp3) is 0.679. The Morgan fingerprint density at radius 1 is 1.17 bits per heavy atom. The van der Waals surface area contributed by atoms with Gasteiger partial charge in [-0.15, -0.1) is 5.92 Å². The highest BCUT2D eigenvalue weighted by Gasteiger charge is 2.44. The van der Waals surface area contributed by atoms with Gasteiger partial charge < -0.3 is 15.0 Å².